The SMILES string of the molecule is C=CN=C/C(=C\C)C(C)(C)C. The molecule has 0 fully saturated rings. The Bertz CT molecular complexity index is 180. The molecule has 0 aliphatic carbocycles. The van der Waals surface area contributed by atoms with Crippen LogP contribution >= 0.6 is 0 Å². The van der Waals surface area contributed by atoms with E-state index in [9.17, 15) is 0 Å². The van der Waals surface area contributed by atoms with E-state index >= 15 is 0 Å². The smallest absolute Gasteiger partial charge is 0.0301 e. The third-order valence-corrected chi connectivity index (χ3v) is 1.50. The first-order chi connectivity index (χ1) is 5.02. The van der Waals surface area contributed by atoms with Crippen LogP contribution in [-0.4, -0.2) is 6.21 Å². The topological polar surface area (TPSA) is 12.4 Å². The van der Waals surface area contributed by atoms with Gasteiger partial charge in [0.2, 0.25) is 0 Å². The van der Waals surface area contributed by atoms with Crippen molar-refractivity contribution in [3.63, 3.8) is 0 Å². The maximum absolute atomic E-state index is 3.98. The van der Waals surface area contributed by atoms with Gasteiger partial charge in [-0.15, -0.1) is 0 Å². The van der Waals surface area contributed by atoms with Gasteiger partial charge in [0, 0.05) is 12.4 Å². The lowest BCUT2D eigenvalue weighted by molar-refractivity contribution is 0.526. The van der Waals surface area contributed by atoms with Crippen molar-refractivity contribution in [2.45, 2.75) is 27.7 Å². The van der Waals surface area contributed by atoms with Crippen molar-refractivity contribution in [2.75, 3.05) is 0 Å². The van der Waals surface area contributed by atoms with Gasteiger partial charge in [0.25, 0.3) is 0 Å². The molecular weight excluding hydrogens is 134 g/mol. The molecule has 0 aromatic carbocycles. The molecule has 0 amide bonds. The minimum atomic E-state index is 0.182. The molecule has 0 rings (SSSR count). The van der Waals surface area contributed by atoms with Gasteiger partial charge in [-0.05, 0) is 17.9 Å². The molecule has 0 N–H and O–H groups in total. The molecule has 0 spiro atoms. The van der Waals surface area contributed by atoms with Crippen molar-refractivity contribution in [3.05, 3.63) is 24.4 Å². The van der Waals surface area contributed by atoms with Crippen LogP contribution in [0.5, 0.6) is 0 Å². The van der Waals surface area contributed by atoms with Crippen molar-refractivity contribution >= 4 is 6.21 Å². The maximum atomic E-state index is 3.98. The van der Waals surface area contributed by atoms with Crippen LogP contribution in [0, 0.1) is 5.41 Å². The Kier molecular flexibility index (Phi) is 3.80. The Balaban J connectivity index is 4.45. The van der Waals surface area contributed by atoms with Gasteiger partial charge in [0.15, 0.2) is 0 Å². The largest absolute Gasteiger partial charge is 0.265 e. The molecule has 0 radical (unpaired) electrons. The first-order valence-corrected chi connectivity index (χ1v) is 3.83. The van der Waals surface area contributed by atoms with Gasteiger partial charge in [0.05, 0.1) is 0 Å². The average molecular weight is 151 g/mol. The number of nitrogens with zero attached hydrogens (tertiary/aromatic N) is 1. The van der Waals surface area contributed by atoms with Crippen LogP contribution in [0.25, 0.3) is 0 Å². The molecular formula is C10H17N. The minimum absolute atomic E-state index is 0.182. The quantitative estimate of drug-likeness (QED) is 0.537. The fourth-order valence-corrected chi connectivity index (χ4v) is 0.834. The molecule has 0 aromatic heterocycles. The van der Waals surface area contributed by atoms with E-state index in [0.29, 0.717) is 0 Å². The molecule has 0 unspecified atom stereocenters. The Morgan fingerprint density at radius 2 is 1.91 bits per heavy atom. The molecule has 0 bridgehead atoms. The van der Waals surface area contributed by atoms with Crippen molar-refractivity contribution < 1.29 is 0 Å². The molecule has 0 aliphatic heterocycles. The third-order valence-electron chi connectivity index (χ3n) is 1.50. The van der Waals surface area contributed by atoms with Crippen molar-refractivity contribution in [2.24, 2.45) is 10.4 Å². The lowest BCUT2D eigenvalue weighted by Crippen LogP contribution is -2.09. The normalized spacial score (nSPS) is 14.0. The maximum Gasteiger partial charge on any atom is 0.0301 e. The van der Waals surface area contributed by atoms with Crippen LogP contribution in [0.15, 0.2) is 29.4 Å². The molecule has 0 aliphatic rings. The number of hydrogen-bond donors (Lipinski definition) is 0. The predicted octanol–water partition coefficient (Wildman–Crippen LogP) is 3.19. The number of hydrogen-bond acceptors (Lipinski definition) is 1. The van der Waals surface area contributed by atoms with Gasteiger partial charge in [-0.3, -0.25) is 4.99 Å². The fraction of sp³-hybridized carbons (Fsp3) is 0.500. The van der Waals surface area contributed by atoms with Crippen LogP contribution in [-0.2, 0) is 0 Å². The Hall–Kier alpha value is -0.850. The van der Waals surface area contributed by atoms with Crippen LogP contribution < -0.4 is 0 Å². The first-order valence-electron chi connectivity index (χ1n) is 3.83. The number of rotatable bonds is 2. The summed E-state index contributed by atoms with van der Waals surface area (Å²) in [6, 6.07) is 0. The van der Waals surface area contributed by atoms with Gasteiger partial charge in [-0.2, -0.15) is 0 Å². The zero-order valence-electron chi connectivity index (χ0n) is 7.89. The van der Waals surface area contributed by atoms with Crippen LogP contribution in [0.4, 0.5) is 0 Å². The van der Waals surface area contributed by atoms with Crippen LogP contribution in [0.1, 0.15) is 27.7 Å². The summed E-state index contributed by atoms with van der Waals surface area (Å²) in [7, 11) is 0. The summed E-state index contributed by atoms with van der Waals surface area (Å²) < 4.78 is 0. The van der Waals surface area contributed by atoms with E-state index in [2.05, 4.69) is 38.4 Å². The highest BCUT2D eigenvalue weighted by atomic mass is 14.7. The summed E-state index contributed by atoms with van der Waals surface area (Å²) in [5.41, 5.74) is 1.42. The van der Waals surface area contributed by atoms with Gasteiger partial charge >= 0.3 is 0 Å². The van der Waals surface area contributed by atoms with E-state index in [1.54, 1.807) is 6.20 Å². The Labute approximate surface area is 69.5 Å². The molecule has 0 saturated heterocycles. The molecule has 11 heavy (non-hydrogen) atoms. The zero-order valence-corrected chi connectivity index (χ0v) is 7.89. The summed E-state index contributed by atoms with van der Waals surface area (Å²) in [4.78, 5) is 3.98. The summed E-state index contributed by atoms with van der Waals surface area (Å²) in [5.74, 6) is 0. The predicted molar refractivity (Wildman–Crippen MR) is 51.9 cm³/mol. The van der Waals surface area contributed by atoms with E-state index in [1.165, 1.54) is 5.57 Å². The zero-order chi connectivity index (χ0) is 8.91. The van der Waals surface area contributed by atoms with E-state index < -0.39 is 0 Å². The van der Waals surface area contributed by atoms with Gasteiger partial charge < -0.3 is 0 Å². The second-order valence-corrected chi connectivity index (χ2v) is 3.45. The van der Waals surface area contributed by atoms with Crippen LogP contribution in [0.3, 0.4) is 0 Å². The molecule has 1 heteroatoms. The Morgan fingerprint density at radius 1 is 1.36 bits per heavy atom. The number of aliphatic imine (C=N–C) groups is 1. The summed E-state index contributed by atoms with van der Waals surface area (Å²) >= 11 is 0. The van der Waals surface area contributed by atoms with E-state index in [-0.39, 0.29) is 5.41 Å². The van der Waals surface area contributed by atoms with Crippen molar-refractivity contribution in [1.29, 1.82) is 0 Å². The van der Waals surface area contributed by atoms with Gasteiger partial charge in [-0.25, -0.2) is 0 Å². The molecule has 62 valence electrons. The van der Waals surface area contributed by atoms with E-state index in [1.807, 2.05) is 13.1 Å². The lowest BCUT2D eigenvalue weighted by Gasteiger charge is -2.18. The second-order valence-electron chi connectivity index (χ2n) is 3.45. The third kappa shape index (κ3) is 3.76. The van der Waals surface area contributed by atoms with Gasteiger partial charge in [0.1, 0.15) is 0 Å². The summed E-state index contributed by atoms with van der Waals surface area (Å²) in [6.45, 7) is 12.0. The molecule has 0 atom stereocenters. The summed E-state index contributed by atoms with van der Waals surface area (Å²) in [5, 5.41) is 0. The molecule has 0 heterocycles. The second kappa shape index (κ2) is 4.12. The van der Waals surface area contributed by atoms with Crippen molar-refractivity contribution in [1.82, 2.24) is 0 Å². The van der Waals surface area contributed by atoms with Crippen molar-refractivity contribution in [3.8, 4) is 0 Å². The van der Waals surface area contributed by atoms with E-state index in [4.69, 9.17) is 0 Å². The monoisotopic (exact) mass is 151 g/mol. The first kappa shape index (κ1) is 10.2. The molecule has 0 saturated carbocycles. The highest BCUT2D eigenvalue weighted by Gasteiger charge is 2.13. The van der Waals surface area contributed by atoms with E-state index in [0.717, 1.165) is 0 Å². The molecule has 1 nitrogen and oxygen atoms in total. The van der Waals surface area contributed by atoms with Crippen LogP contribution in [0.2, 0.25) is 0 Å². The minimum Gasteiger partial charge on any atom is -0.265 e. The Morgan fingerprint density at radius 3 is 2.18 bits per heavy atom. The lowest BCUT2D eigenvalue weighted by atomic mass is 9.87. The highest BCUT2D eigenvalue weighted by molar-refractivity contribution is 5.80. The number of allylic oxidation sites excluding steroid dienone is 2. The fourth-order valence-electron chi connectivity index (χ4n) is 0.834. The highest BCUT2D eigenvalue weighted by Crippen LogP contribution is 2.23. The molecule has 0 aromatic rings. The van der Waals surface area contributed by atoms with Gasteiger partial charge in [-0.1, -0.05) is 33.4 Å². The average Bonchev–Trinajstić information content (AvgIpc) is 1.87. The standard InChI is InChI=1S/C10H17N/c1-6-9(8-11-7-2)10(3,4)5/h6-8H,2H2,1,3-5H3/b9-6+,11-8?. The summed E-state index contributed by atoms with van der Waals surface area (Å²) in [6.07, 6.45) is 5.48.